The molecule has 0 saturated carbocycles. The lowest BCUT2D eigenvalue weighted by Crippen LogP contribution is -2.30. The summed E-state index contributed by atoms with van der Waals surface area (Å²) in [7, 11) is 0. The molecule has 0 aliphatic rings. The highest BCUT2D eigenvalue weighted by molar-refractivity contribution is 9.10. The molecule has 2 heterocycles. The number of rotatable bonds is 6. The number of ether oxygens (including phenoxy) is 1. The van der Waals surface area contributed by atoms with Crippen molar-refractivity contribution in [2.75, 3.05) is 11.6 Å². The summed E-state index contributed by atoms with van der Waals surface area (Å²) >= 11 is 12.3. The number of thiazole rings is 1. The zero-order valence-electron chi connectivity index (χ0n) is 14.8. The van der Waals surface area contributed by atoms with Gasteiger partial charge in [-0.25, -0.2) is 4.98 Å². The molecule has 5 nitrogen and oxygen atoms in total. The standard InChI is InChI=1S/C20H13BrClN3O2S2/c21-13-3-8-17-18(10-13)29-20(24-17)25(23-11-16-2-1-9-28-16)19(26)12-27-15-6-4-14(22)5-7-15/h1-11H,12H2/b23-11+. The van der Waals surface area contributed by atoms with Crippen LogP contribution >= 0.6 is 50.2 Å². The summed E-state index contributed by atoms with van der Waals surface area (Å²) in [6, 6.07) is 16.5. The second-order valence-corrected chi connectivity index (χ2v) is 9.16. The predicted octanol–water partition coefficient (Wildman–Crippen LogP) is 6.22. The molecular weight excluding hydrogens is 494 g/mol. The Morgan fingerprint density at radius 1 is 1.24 bits per heavy atom. The van der Waals surface area contributed by atoms with Crippen molar-refractivity contribution < 1.29 is 9.53 Å². The van der Waals surface area contributed by atoms with E-state index in [1.54, 1.807) is 30.5 Å². The summed E-state index contributed by atoms with van der Waals surface area (Å²) in [6.07, 6.45) is 1.65. The van der Waals surface area contributed by atoms with Gasteiger partial charge in [-0.1, -0.05) is 44.9 Å². The molecule has 0 saturated heterocycles. The molecule has 0 spiro atoms. The Labute approximate surface area is 188 Å². The van der Waals surface area contributed by atoms with Crippen molar-refractivity contribution in [1.82, 2.24) is 4.98 Å². The second kappa shape index (κ2) is 9.04. The molecule has 0 aliphatic heterocycles. The Bertz CT molecular complexity index is 1160. The third-order valence-corrected chi connectivity index (χ3v) is 6.32. The van der Waals surface area contributed by atoms with E-state index in [1.165, 1.54) is 27.7 Å². The predicted molar refractivity (Wildman–Crippen MR) is 124 cm³/mol. The molecule has 0 radical (unpaired) electrons. The van der Waals surface area contributed by atoms with Crippen molar-refractivity contribution in [2.24, 2.45) is 5.10 Å². The van der Waals surface area contributed by atoms with Gasteiger partial charge in [-0.3, -0.25) is 4.79 Å². The number of fused-ring (bicyclic) bond motifs is 1. The first kappa shape index (κ1) is 20.0. The monoisotopic (exact) mass is 505 g/mol. The SMILES string of the molecule is O=C(COc1ccc(Cl)cc1)N(/N=C/c1cccs1)c1nc2ccc(Br)cc2s1. The van der Waals surface area contributed by atoms with Crippen molar-refractivity contribution in [2.45, 2.75) is 0 Å². The van der Waals surface area contributed by atoms with Crippen LogP contribution in [0.3, 0.4) is 0 Å². The van der Waals surface area contributed by atoms with E-state index in [1.807, 2.05) is 35.7 Å². The number of thiophene rings is 1. The van der Waals surface area contributed by atoms with E-state index in [0.29, 0.717) is 15.9 Å². The van der Waals surface area contributed by atoms with Crippen LogP contribution in [-0.4, -0.2) is 23.7 Å². The average Bonchev–Trinajstić information content (AvgIpc) is 3.37. The number of carbonyl (C=O) groups is 1. The summed E-state index contributed by atoms with van der Waals surface area (Å²) in [4.78, 5) is 18.4. The van der Waals surface area contributed by atoms with Gasteiger partial charge in [0.15, 0.2) is 6.61 Å². The Hall–Kier alpha value is -2.26. The molecule has 2 aromatic heterocycles. The van der Waals surface area contributed by atoms with Gasteiger partial charge in [0.1, 0.15) is 5.75 Å². The number of nitrogens with zero attached hydrogens (tertiary/aromatic N) is 3. The molecule has 0 N–H and O–H groups in total. The zero-order chi connectivity index (χ0) is 20.2. The molecule has 0 unspecified atom stereocenters. The Morgan fingerprint density at radius 2 is 2.07 bits per heavy atom. The van der Waals surface area contributed by atoms with Crippen LogP contribution in [-0.2, 0) is 4.79 Å². The van der Waals surface area contributed by atoms with Gasteiger partial charge in [0.25, 0.3) is 5.91 Å². The number of amides is 1. The summed E-state index contributed by atoms with van der Waals surface area (Å²) in [5, 5.41) is 8.71. The maximum Gasteiger partial charge on any atom is 0.287 e. The third kappa shape index (κ3) is 5.02. The summed E-state index contributed by atoms with van der Waals surface area (Å²) in [6.45, 7) is -0.178. The number of carbonyl (C=O) groups excluding carboxylic acids is 1. The third-order valence-electron chi connectivity index (χ3n) is 3.78. The van der Waals surface area contributed by atoms with Gasteiger partial charge in [-0.2, -0.15) is 10.1 Å². The smallest absolute Gasteiger partial charge is 0.287 e. The lowest BCUT2D eigenvalue weighted by Gasteiger charge is -2.14. The van der Waals surface area contributed by atoms with Crippen LogP contribution in [0.4, 0.5) is 5.13 Å². The Kier molecular flexibility index (Phi) is 6.25. The fourth-order valence-corrected chi connectivity index (χ4v) is 4.61. The van der Waals surface area contributed by atoms with Crippen molar-refractivity contribution in [3.63, 3.8) is 0 Å². The minimum atomic E-state index is -0.328. The summed E-state index contributed by atoms with van der Waals surface area (Å²) in [5.41, 5.74) is 0.802. The molecule has 9 heteroatoms. The molecule has 146 valence electrons. The fourth-order valence-electron chi connectivity index (χ4n) is 2.41. The maximum absolute atomic E-state index is 12.9. The number of benzene rings is 2. The van der Waals surface area contributed by atoms with Crippen LogP contribution in [0.5, 0.6) is 5.75 Å². The lowest BCUT2D eigenvalue weighted by atomic mass is 10.3. The number of halogens is 2. The first-order chi connectivity index (χ1) is 14.1. The molecule has 2 aromatic carbocycles. The Morgan fingerprint density at radius 3 is 2.83 bits per heavy atom. The van der Waals surface area contributed by atoms with E-state index in [4.69, 9.17) is 16.3 Å². The normalized spacial score (nSPS) is 11.2. The number of aromatic nitrogens is 1. The first-order valence-electron chi connectivity index (χ1n) is 8.43. The van der Waals surface area contributed by atoms with Gasteiger partial charge in [0.2, 0.25) is 5.13 Å². The molecule has 0 fully saturated rings. The molecule has 0 bridgehead atoms. The van der Waals surface area contributed by atoms with Gasteiger partial charge < -0.3 is 4.74 Å². The number of hydrazone groups is 1. The highest BCUT2D eigenvalue weighted by Gasteiger charge is 2.20. The molecule has 4 rings (SSSR count). The molecular formula is C20H13BrClN3O2S2. The lowest BCUT2D eigenvalue weighted by molar-refractivity contribution is -0.120. The number of hydrogen-bond donors (Lipinski definition) is 0. The largest absolute Gasteiger partial charge is 0.484 e. The van der Waals surface area contributed by atoms with Crippen molar-refractivity contribution >= 4 is 77.7 Å². The Balaban J connectivity index is 1.59. The van der Waals surface area contributed by atoms with Crippen molar-refractivity contribution in [1.29, 1.82) is 0 Å². The molecule has 1 amide bonds. The van der Waals surface area contributed by atoms with E-state index in [-0.39, 0.29) is 12.5 Å². The van der Waals surface area contributed by atoms with Crippen LogP contribution in [0.2, 0.25) is 5.02 Å². The van der Waals surface area contributed by atoms with E-state index in [9.17, 15) is 4.79 Å². The van der Waals surface area contributed by atoms with Gasteiger partial charge in [0.05, 0.1) is 16.4 Å². The van der Waals surface area contributed by atoms with E-state index < -0.39 is 0 Å². The maximum atomic E-state index is 12.9. The van der Waals surface area contributed by atoms with Crippen LogP contribution in [0, 0.1) is 0 Å². The van der Waals surface area contributed by atoms with E-state index in [2.05, 4.69) is 26.0 Å². The van der Waals surface area contributed by atoms with Gasteiger partial charge in [-0.15, -0.1) is 11.3 Å². The van der Waals surface area contributed by atoms with Crippen molar-refractivity contribution in [3.05, 3.63) is 74.3 Å². The topological polar surface area (TPSA) is 54.8 Å². The second-order valence-electron chi connectivity index (χ2n) is 5.82. The van der Waals surface area contributed by atoms with Crippen LogP contribution in [0.25, 0.3) is 10.2 Å². The number of anilines is 1. The van der Waals surface area contributed by atoms with Crippen molar-refractivity contribution in [3.8, 4) is 5.75 Å². The molecule has 0 aliphatic carbocycles. The van der Waals surface area contributed by atoms with E-state index >= 15 is 0 Å². The van der Waals surface area contributed by atoms with Gasteiger partial charge in [-0.05, 0) is 53.9 Å². The molecule has 0 atom stereocenters. The summed E-state index contributed by atoms with van der Waals surface area (Å²) in [5.74, 6) is 0.226. The zero-order valence-corrected chi connectivity index (χ0v) is 18.8. The minimum Gasteiger partial charge on any atom is -0.484 e. The quantitative estimate of drug-likeness (QED) is 0.230. The minimum absolute atomic E-state index is 0.178. The highest BCUT2D eigenvalue weighted by Crippen LogP contribution is 2.31. The van der Waals surface area contributed by atoms with Crippen LogP contribution in [0.1, 0.15) is 4.88 Å². The molecule has 4 aromatic rings. The average molecular weight is 507 g/mol. The highest BCUT2D eigenvalue weighted by atomic mass is 79.9. The fraction of sp³-hybridized carbons (Fsp3) is 0.0500. The van der Waals surface area contributed by atoms with E-state index in [0.717, 1.165) is 19.6 Å². The first-order valence-corrected chi connectivity index (χ1v) is 11.3. The van der Waals surface area contributed by atoms with Gasteiger partial charge in [0, 0.05) is 14.4 Å². The van der Waals surface area contributed by atoms with Crippen LogP contribution in [0.15, 0.2) is 69.6 Å². The van der Waals surface area contributed by atoms with Gasteiger partial charge >= 0.3 is 0 Å². The summed E-state index contributed by atoms with van der Waals surface area (Å²) < 4.78 is 7.51. The number of hydrogen-bond acceptors (Lipinski definition) is 6. The molecule has 29 heavy (non-hydrogen) atoms. The van der Waals surface area contributed by atoms with Crippen LogP contribution < -0.4 is 9.75 Å².